The van der Waals surface area contributed by atoms with Crippen LogP contribution in [0, 0.1) is 5.92 Å². The molecule has 1 aromatic carbocycles. The molecule has 1 rings (SSSR count). The third-order valence-electron chi connectivity index (χ3n) is 2.30. The van der Waals surface area contributed by atoms with E-state index >= 15 is 0 Å². The first-order valence-corrected chi connectivity index (χ1v) is 9.03. The maximum Gasteiger partial charge on any atom is 0.184 e. The maximum atomic E-state index is 10.9. The van der Waals surface area contributed by atoms with Crippen molar-refractivity contribution < 1.29 is 9.22 Å². The highest BCUT2D eigenvalue weighted by Crippen LogP contribution is 2.28. The lowest BCUT2D eigenvalue weighted by atomic mass is 9.99. The van der Waals surface area contributed by atoms with E-state index in [4.69, 9.17) is 4.43 Å². The second-order valence-corrected chi connectivity index (χ2v) is 9.52. The highest BCUT2D eigenvalue weighted by molar-refractivity contribution is 6.69. The van der Waals surface area contributed by atoms with Crippen LogP contribution in [0.3, 0.4) is 0 Å². The molecule has 16 heavy (non-hydrogen) atoms. The Morgan fingerprint density at radius 3 is 2.19 bits per heavy atom. The van der Waals surface area contributed by atoms with Crippen molar-refractivity contribution >= 4 is 14.6 Å². The number of hydrogen-bond donors (Lipinski definition) is 0. The summed E-state index contributed by atoms with van der Waals surface area (Å²) in [6.45, 7) is 8.33. The molecule has 0 saturated carbocycles. The van der Waals surface area contributed by atoms with Crippen molar-refractivity contribution in [2.24, 2.45) is 5.92 Å². The predicted molar refractivity (Wildman–Crippen MR) is 68.8 cm³/mol. The summed E-state index contributed by atoms with van der Waals surface area (Å²) in [5.41, 5.74) is 1.09. The highest BCUT2D eigenvalue weighted by atomic mass is 28.4. The fourth-order valence-electron chi connectivity index (χ4n) is 1.57. The molecule has 0 bridgehead atoms. The van der Waals surface area contributed by atoms with Gasteiger partial charge in [0.15, 0.2) is 8.32 Å². The summed E-state index contributed by atoms with van der Waals surface area (Å²) >= 11 is 0. The standard InChI is InChI=1S/C13H20O2Si/c1-11(10-14)13(15-16(2,3)4)12-8-6-5-7-9-12/h5-11,13H,1-4H3/t11-,13-/m0/s1. The van der Waals surface area contributed by atoms with Crippen LogP contribution in [0.1, 0.15) is 18.6 Å². The zero-order chi connectivity index (χ0) is 12.2. The fourth-order valence-corrected chi connectivity index (χ4v) is 2.69. The minimum atomic E-state index is -1.64. The molecular formula is C13H20O2Si. The molecule has 2 atom stereocenters. The van der Waals surface area contributed by atoms with Crippen molar-refractivity contribution in [2.75, 3.05) is 0 Å². The topological polar surface area (TPSA) is 26.3 Å². The van der Waals surface area contributed by atoms with Gasteiger partial charge in [-0.25, -0.2) is 0 Å². The Balaban J connectivity index is 2.92. The summed E-state index contributed by atoms with van der Waals surface area (Å²) in [6, 6.07) is 9.97. The first-order valence-electron chi connectivity index (χ1n) is 5.62. The molecule has 0 spiro atoms. The molecule has 1 aromatic rings. The van der Waals surface area contributed by atoms with E-state index in [1.807, 2.05) is 37.3 Å². The summed E-state index contributed by atoms with van der Waals surface area (Å²) in [7, 11) is -1.64. The molecule has 0 heterocycles. The molecule has 0 unspecified atom stereocenters. The zero-order valence-electron chi connectivity index (χ0n) is 10.4. The van der Waals surface area contributed by atoms with Gasteiger partial charge >= 0.3 is 0 Å². The highest BCUT2D eigenvalue weighted by Gasteiger charge is 2.26. The van der Waals surface area contributed by atoms with E-state index in [0.717, 1.165) is 11.8 Å². The molecule has 0 aliphatic carbocycles. The summed E-state index contributed by atoms with van der Waals surface area (Å²) in [6.07, 6.45) is 0.864. The van der Waals surface area contributed by atoms with Crippen LogP contribution in [0.2, 0.25) is 19.6 Å². The van der Waals surface area contributed by atoms with Crippen LogP contribution in [0.15, 0.2) is 30.3 Å². The van der Waals surface area contributed by atoms with Crippen LogP contribution in [0.25, 0.3) is 0 Å². The molecule has 0 amide bonds. The largest absolute Gasteiger partial charge is 0.410 e. The minimum Gasteiger partial charge on any atom is -0.410 e. The van der Waals surface area contributed by atoms with Crippen molar-refractivity contribution in [3.05, 3.63) is 35.9 Å². The Bertz CT molecular complexity index is 330. The average Bonchev–Trinajstić information content (AvgIpc) is 2.25. The lowest BCUT2D eigenvalue weighted by Gasteiger charge is -2.28. The Hall–Kier alpha value is -0.933. The summed E-state index contributed by atoms with van der Waals surface area (Å²) < 4.78 is 6.08. The molecule has 0 aliphatic heterocycles. The molecule has 0 N–H and O–H groups in total. The van der Waals surface area contributed by atoms with Crippen LogP contribution in [-0.2, 0) is 9.22 Å². The fraction of sp³-hybridized carbons (Fsp3) is 0.462. The van der Waals surface area contributed by atoms with Gasteiger partial charge in [0.2, 0.25) is 0 Å². The van der Waals surface area contributed by atoms with Crippen LogP contribution >= 0.6 is 0 Å². The van der Waals surface area contributed by atoms with E-state index in [0.29, 0.717) is 0 Å². The first-order chi connectivity index (χ1) is 7.44. The Morgan fingerprint density at radius 2 is 1.75 bits per heavy atom. The van der Waals surface area contributed by atoms with Crippen molar-refractivity contribution in [3.8, 4) is 0 Å². The van der Waals surface area contributed by atoms with Gasteiger partial charge < -0.3 is 9.22 Å². The molecular weight excluding hydrogens is 216 g/mol. The van der Waals surface area contributed by atoms with Crippen molar-refractivity contribution in [2.45, 2.75) is 32.7 Å². The van der Waals surface area contributed by atoms with Gasteiger partial charge in [0.05, 0.1) is 6.10 Å². The molecule has 0 radical (unpaired) electrons. The third-order valence-corrected chi connectivity index (χ3v) is 3.26. The number of benzene rings is 1. The van der Waals surface area contributed by atoms with E-state index in [-0.39, 0.29) is 12.0 Å². The number of carbonyl (C=O) groups is 1. The number of rotatable bonds is 5. The lowest BCUT2D eigenvalue weighted by Crippen LogP contribution is -2.31. The Morgan fingerprint density at radius 1 is 1.19 bits per heavy atom. The first kappa shape index (κ1) is 13.1. The van der Waals surface area contributed by atoms with E-state index in [9.17, 15) is 4.79 Å². The van der Waals surface area contributed by atoms with Crippen molar-refractivity contribution in [3.63, 3.8) is 0 Å². The van der Waals surface area contributed by atoms with Gasteiger partial charge in [0.1, 0.15) is 6.29 Å². The monoisotopic (exact) mass is 236 g/mol. The van der Waals surface area contributed by atoms with Crippen LogP contribution in [-0.4, -0.2) is 14.6 Å². The number of carbonyl (C=O) groups excluding carboxylic acids is 1. The molecule has 0 aliphatic rings. The summed E-state index contributed by atoms with van der Waals surface area (Å²) in [4.78, 5) is 10.9. The molecule has 0 aromatic heterocycles. The van der Waals surface area contributed by atoms with E-state index in [2.05, 4.69) is 19.6 Å². The van der Waals surface area contributed by atoms with E-state index in [1.54, 1.807) is 0 Å². The van der Waals surface area contributed by atoms with E-state index < -0.39 is 8.32 Å². The lowest BCUT2D eigenvalue weighted by molar-refractivity contribution is -0.113. The second-order valence-electron chi connectivity index (χ2n) is 5.06. The smallest absolute Gasteiger partial charge is 0.184 e. The molecule has 3 heteroatoms. The van der Waals surface area contributed by atoms with Crippen LogP contribution in [0.4, 0.5) is 0 Å². The van der Waals surface area contributed by atoms with Crippen LogP contribution < -0.4 is 0 Å². The van der Waals surface area contributed by atoms with Gasteiger partial charge in [-0.1, -0.05) is 37.3 Å². The predicted octanol–water partition coefficient (Wildman–Crippen LogP) is 3.41. The number of hydrogen-bond acceptors (Lipinski definition) is 2. The number of aldehydes is 1. The van der Waals surface area contributed by atoms with Gasteiger partial charge in [-0.15, -0.1) is 0 Å². The zero-order valence-corrected chi connectivity index (χ0v) is 11.4. The SMILES string of the molecule is C[C@@H](C=O)[C@H](O[Si](C)(C)C)c1ccccc1. The van der Waals surface area contributed by atoms with Crippen molar-refractivity contribution in [1.29, 1.82) is 0 Å². The summed E-state index contributed by atoms with van der Waals surface area (Å²) in [5.74, 6) is -0.103. The molecule has 0 fully saturated rings. The van der Waals surface area contributed by atoms with E-state index in [1.165, 1.54) is 0 Å². The molecule has 0 saturated heterocycles. The van der Waals surface area contributed by atoms with Gasteiger partial charge in [-0.3, -0.25) is 0 Å². The van der Waals surface area contributed by atoms with Gasteiger partial charge in [-0.05, 0) is 25.2 Å². The average molecular weight is 236 g/mol. The second kappa shape index (κ2) is 5.41. The third kappa shape index (κ3) is 3.91. The minimum absolute atomic E-state index is 0.103. The van der Waals surface area contributed by atoms with Gasteiger partial charge in [-0.2, -0.15) is 0 Å². The molecule has 88 valence electrons. The normalized spacial score (nSPS) is 15.5. The maximum absolute atomic E-state index is 10.9. The van der Waals surface area contributed by atoms with Crippen molar-refractivity contribution in [1.82, 2.24) is 0 Å². The Kier molecular flexibility index (Phi) is 4.44. The van der Waals surface area contributed by atoms with Gasteiger partial charge in [0.25, 0.3) is 0 Å². The molecule has 2 nitrogen and oxygen atoms in total. The van der Waals surface area contributed by atoms with Crippen LogP contribution in [0.5, 0.6) is 0 Å². The van der Waals surface area contributed by atoms with Gasteiger partial charge in [0, 0.05) is 5.92 Å². The quantitative estimate of drug-likeness (QED) is 0.578. The Labute approximate surface area is 98.8 Å². The summed E-state index contributed by atoms with van der Waals surface area (Å²) in [5, 5.41) is 0.